The molecule has 1 fully saturated rings. The van der Waals surface area contributed by atoms with Gasteiger partial charge in [0, 0.05) is 18.9 Å². The molecule has 0 unspecified atom stereocenters. The predicted molar refractivity (Wildman–Crippen MR) is 54.9 cm³/mol. The van der Waals surface area contributed by atoms with Crippen molar-refractivity contribution in [3.8, 4) is 0 Å². The van der Waals surface area contributed by atoms with E-state index < -0.39 is 0 Å². The zero-order valence-electron chi connectivity index (χ0n) is 8.28. The van der Waals surface area contributed by atoms with Gasteiger partial charge in [0.15, 0.2) is 0 Å². The number of nitrogens with one attached hydrogen (secondary N) is 1. The second kappa shape index (κ2) is 5.08. The van der Waals surface area contributed by atoms with Crippen molar-refractivity contribution in [2.45, 2.75) is 13.0 Å². The SMILES string of the molecule is c1cc(COC[C@H]2CCNC2)ccn1. The van der Waals surface area contributed by atoms with E-state index in [-0.39, 0.29) is 0 Å². The van der Waals surface area contributed by atoms with Crippen molar-refractivity contribution >= 4 is 0 Å². The summed E-state index contributed by atoms with van der Waals surface area (Å²) in [6, 6.07) is 3.99. The summed E-state index contributed by atoms with van der Waals surface area (Å²) in [6.45, 7) is 3.83. The lowest BCUT2D eigenvalue weighted by atomic mass is 10.1. The number of nitrogens with zero attached hydrogens (tertiary/aromatic N) is 1. The highest BCUT2D eigenvalue weighted by molar-refractivity contribution is 5.07. The Bertz CT molecular complexity index is 257. The van der Waals surface area contributed by atoms with Gasteiger partial charge in [0.2, 0.25) is 0 Å². The maximum absolute atomic E-state index is 5.64. The Balaban J connectivity index is 1.67. The van der Waals surface area contributed by atoms with Crippen LogP contribution in [0, 0.1) is 5.92 Å². The summed E-state index contributed by atoms with van der Waals surface area (Å²) in [7, 11) is 0. The molecule has 0 radical (unpaired) electrons. The molecule has 1 N–H and O–H groups in total. The van der Waals surface area contributed by atoms with Crippen LogP contribution in [0.15, 0.2) is 24.5 Å². The Labute approximate surface area is 84.5 Å². The van der Waals surface area contributed by atoms with Crippen LogP contribution in [0.2, 0.25) is 0 Å². The van der Waals surface area contributed by atoms with Gasteiger partial charge in [-0.05, 0) is 36.6 Å². The van der Waals surface area contributed by atoms with E-state index in [1.54, 1.807) is 12.4 Å². The van der Waals surface area contributed by atoms with Crippen LogP contribution < -0.4 is 5.32 Å². The zero-order chi connectivity index (χ0) is 9.64. The summed E-state index contributed by atoms with van der Waals surface area (Å²) in [5.74, 6) is 0.705. The van der Waals surface area contributed by atoms with Gasteiger partial charge in [-0.15, -0.1) is 0 Å². The van der Waals surface area contributed by atoms with Gasteiger partial charge in [0.25, 0.3) is 0 Å². The summed E-state index contributed by atoms with van der Waals surface area (Å²) in [5, 5.41) is 3.33. The van der Waals surface area contributed by atoms with Crippen LogP contribution in [-0.4, -0.2) is 24.7 Å². The first-order chi connectivity index (χ1) is 6.95. The van der Waals surface area contributed by atoms with E-state index in [9.17, 15) is 0 Å². The van der Waals surface area contributed by atoms with Crippen LogP contribution in [0.1, 0.15) is 12.0 Å². The van der Waals surface area contributed by atoms with Crippen molar-refractivity contribution in [1.82, 2.24) is 10.3 Å². The molecule has 1 aliphatic rings. The van der Waals surface area contributed by atoms with Crippen molar-refractivity contribution in [3.05, 3.63) is 30.1 Å². The Morgan fingerprint density at radius 3 is 3.00 bits per heavy atom. The molecular weight excluding hydrogens is 176 g/mol. The average molecular weight is 192 g/mol. The molecule has 14 heavy (non-hydrogen) atoms. The zero-order valence-corrected chi connectivity index (χ0v) is 8.28. The van der Waals surface area contributed by atoms with Gasteiger partial charge in [0.1, 0.15) is 0 Å². The van der Waals surface area contributed by atoms with Crippen molar-refractivity contribution in [2.24, 2.45) is 5.92 Å². The van der Waals surface area contributed by atoms with Gasteiger partial charge in [-0.2, -0.15) is 0 Å². The predicted octanol–water partition coefficient (Wildman–Crippen LogP) is 1.21. The lowest BCUT2D eigenvalue weighted by Gasteiger charge is -2.08. The van der Waals surface area contributed by atoms with Crippen molar-refractivity contribution in [3.63, 3.8) is 0 Å². The Morgan fingerprint density at radius 1 is 1.43 bits per heavy atom. The van der Waals surface area contributed by atoms with Gasteiger partial charge < -0.3 is 10.1 Å². The van der Waals surface area contributed by atoms with Crippen LogP contribution in [0.5, 0.6) is 0 Å². The molecule has 1 atom stereocenters. The summed E-state index contributed by atoms with van der Waals surface area (Å²) in [4.78, 5) is 3.97. The molecule has 0 spiro atoms. The van der Waals surface area contributed by atoms with E-state index in [1.165, 1.54) is 12.0 Å². The normalized spacial score (nSPS) is 21.3. The molecule has 0 aromatic carbocycles. The lowest BCUT2D eigenvalue weighted by Crippen LogP contribution is -2.13. The van der Waals surface area contributed by atoms with E-state index in [0.29, 0.717) is 12.5 Å². The molecule has 1 saturated heterocycles. The number of aromatic nitrogens is 1. The fourth-order valence-electron chi connectivity index (χ4n) is 1.68. The van der Waals surface area contributed by atoms with E-state index in [0.717, 1.165) is 19.7 Å². The average Bonchev–Trinajstić information content (AvgIpc) is 2.72. The topological polar surface area (TPSA) is 34.1 Å². The molecule has 76 valence electrons. The molecule has 0 amide bonds. The number of rotatable bonds is 4. The van der Waals surface area contributed by atoms with Gasteiger partial charge in [-0.3, -0.25) is 4.98 Å². The van der Waals surface area contributed by atoms with Crippen LogP contribution in [0.4, 0.5) is 0 Å². The molecular formula is C11H16N2O. The van der Waals surface area contributed by atoms with Gasteiger partial charge in [-0.1, -0.05) is 0 Å². The Hall–Kier alpha value is -0.930. The lowest BCUT2D eigenvalue weighted by molar-refractivity contribution is 0.0924. The highest BCUT2D eigenvalue weighted by Gasteiger charge is 2.13. The monoisotopic (exact) mass is 192 g/mol. The first-order valence-electron chi connectivity index (χ1n) is 5.12. The number of ether oxygens (including phenoxy) is 1. The van der Waals surface area contributed by atoms with E-state index in [1.807, 2.05) is 12.1 Å². The number of hydrogen-bond acceptors (Lipinski definition) is 3. The second-order valence-corrected chi connectivity index (χ2v) is 3.73. The summed E-state index contributed by atoms with van der Waals surface area (Å²) in [5.41, 5.74) is 1.20. The Morgan fingerprint density at radius 2 is 2.29 bits per heavy atom. The molecule has 2 rings (SSSR count). The largest absolute Gasteiger partial charge is 0.376 e. The second-order valence-electron chi connectivity index (χ2n) is 3.73. The first kappa shape index (κ1) is 9.62. The smallest absolute Gasteiger partial charge is 0.0718 e. The fraction of sp³-hybridized carbons (Fsp3) is 0.545. The van der Waals surface area contributed by atoms with E-state index >= 15 is 0 Å². The third kappa shape index (κ3) is 2.79. The summed E-state index contributed by atoms with van der Waals surface area (Å²) >= 11 is 0. The maximum Gasteiger partial charge on any atom is 0.0718 e. The van der Waals surface area contributed by atoms with E-state index in [4.69, 9.17) is 4.74 Å². The van der Waals surface area contributed by atoms with Crippen LogP contribution >= 0.6 is 0 Å². The standard InChI is InChI=1S/C11H16N2O/c1-4-12-5-2-10(1)8-14-9-11-3-6-13-7-11/h1-2,4-5,11,13H,3,6-9H2/t11-/m0/s1. The van der Waals surface area contributed by atoms with Crippen molar-refractivity contribution in [1.29, 1.82) is 0 Å². The molecule has 2 heterocycles. The maximum atomic E-state index is 5.64. The minimum Gasteiger partial charge on any atom is -0.376 e. The molecule has 1 aromatic rings. The Kier molecular flexibility index (Phi) is 3.49. The molecule has 0 aliphatic carbocycles. The summed E-state index contributed by atoms with van der Waals surface area (Å²) in [6.07, 6.45) is 4.85. The first-order valence-corrected chi connectivity index (χ1v) is 5.12. The fourth-order valence-corrected chi connectivity index (χ4v) is 1.68. The van der Waals surface area contributed by atoms with Crippen LogP contribution in [0.25, 0.3) is 0 Å². The van der Waals surface area contributed by atoms with Crippen LogP contribution in [0.3, 0.4) is 0 Å². The van der Waals surface area contributed by atoms with Crippen molar-refractivity contribution in [2.75, 3.05) is 19.7 Å². The minimum atomic E-state index is 0.705. The van der Waals surface area contributed by atoms with Crippen LogP contribution in [-0.2, 0) is 11.3 Å². The molecule has 3 nitrogen and oxygen atoms in total. The number of hydrogen-bond donors (Lipinski definition) is 1. The quantitative estimate of drug-likeness (QED) is 0.778. The molecule has 3 heteroatoms. The number of pyridine rings is 1. The van der Waals surface area contributed by atoms with Crippen molar-refractivity contribution < 1.29 is 4.74 Å². The molecule has 1 aliphatic heterocycles. The highest BCUT2D eigenvalue weighted by Crippen LogP contribution is 2.09. The van der Waals surface area contributed by atoms with Gasteiger partial charge in [0.05, 0.1) is 13.2 Å². The third-order valence-electron chi connectivity index (χ3n) is 2.53. The summed E-state index contributed by atoms with van der Waals surface area (Å²) < 4.78 is 5.64. The van der Waals surface area contributed by atoms with Gasteiger partial charge in [-0.25, -0.2) is 0 Å². The molecule has 0 saturated carbocycles. The molecule has 0 bridgehead atoms. The minimum absolute atomic E-state index is 0.705. The van der Waals surface area contributed by atoms with E-state index in [2.05, 4.69) is 10.3 Å². The molecule has 1 aromatic heterocycles. The third-order valence-corrected chi connectivity index (χ3v) is 2.53. The highest BCUT2D eigenvalue weighted by atomic mass is 16.5. The van der Waals surface area contributed by atoms with Gasteiger partial charge >= 0.3 is 0 Å².